The third kappa shape index (κ3) is 3.97. The summed E-state index contributed by atoms with van der Waals surface area (Å²) in [7, 11) is 0. The fourth-order valence-electron chi connectivity index (χ4n) is 2.09. The molecule has 1 N–H and O–H groups in total. The summed E-state index contributed by atoms with van der Waals surface area (Å²) in [5, 5.41) is 10.9. The number of halogens is 1. The Morgan fingerprint density at radius 3 is 2.50 bits per heavy atom. The summed E-state index contributed by atoms with van der Waals surface area (Å²) in [4.78, 5) is 11.1. The average molecular weight is 316 g/mol. The van der Waals surface area contributed by atoms with Crippen molar-refractivity contribution in [3.05, 3.63) is 65.2 Å². The van der Waals surface area contributed by atoms with Gasteiger partial charge in [0.1, 0.15) is 0 Å². The molecule has 2 rings (SSSR count). The summed E-state index contributed by atoms with van der Waals surface area (Å²) in [6, 6.07) is 15.4. The average Bonchev–Trinajstić information content (AvgIpc) is 2.53. The molecule has 0 saturated carbocycles. The molecule has 4 heteroatoms. The van der Waals surface area contributed by atoms with Gasteiger partial charge in [-0.1, -0.05) is 60.2 Å². The molecule has 114 valence electrons. The molecule has 0 fully saturated rings. The molecule has 0 saturated heterocycles. The van der Waals surface area contributed by atoms with Crippen molar-refractivity contribution in [2.24, 2.45) is 0 Å². The van der Waals surface area contributed by atoms with Gasteiger partial charge in [0.25, 0.3) is 0 Å². The van der Waals surface area contributed by atoms with Crippen LogP contribution in [0.15, 0.2) is 54.6 Å². The highest BCUT2D eigenvalue weighted by Crippen LogP contribution is 2.26. The standard InChI is InChI=1S/C18H18ClNO2/c1-13(20(22)14(2)21)8-9-17-12-16(10-11-18(17)19)15-6-4-3-5-7-15/h3-13,22H,1-2H3/b9-8+/t13-/m0/s1. The van der Waals surface area contributed by atoms with E-state index in [1.54, 1.807) is 13.0 Å². The van der Waals surface area contributed by atoms with Crippen LogP contribution in [0.2, 0.25) is 5.02 Å². The Balaban J connectivity index is 2.26. The summed E-state index contributed by atoms with van der Waals surface area (Å²) in [6.45, 7) is 3.04. The number of benzene rings is 2. The van der Waals surface area contributed by atoms with Crippen molar-refractivity contribution in [1.82, 2.24) is 5.06 Å². The number of carbonyl (C=O) groups excluding carboxylic acids is 1. The van der Waals surface area contributed by atoms with Gasteiger partial charge >= 0.3 is 0 Å². The Labute approximate surface area is 135 Å². The molecule has 0 unspecified atom stereocenters. The number of hydrogen-bond acceptors (Lipinski definition) is 2. The second kappa shape index (κ2) is 7.25. The predicted molar refractivity (Wildman–Crippen MR) is 89.7 cm³/mol. The highest BCUT2D eigenvalue weighted by Gasteiger charge is 2.10. The van der Waals surface area contributed by atoms with E-state index in [4.69, 9.17) is 11.6 Å². The van der Waals surface area contributed by atoms with E-state index in [0.717, 1.165) is 16.7 Å². The Kier molecular flexibility index (Phi) is 5.36. The number of rotatable bonds is 4. The third-order valence-corrected chi connectivity index (χ3v) is 3.71. The lowest BCUT2D eigenvalue weighted by Gasteiger charge is -2.17. The molecule has 2 aromatic rings. The fourth-order valence-corrected chi connectivity index (χ4v) is 2.27. The minimum Gasteiger partial charge on any atom is -0.285 e. The molecule has 0 aromatic heterocycles. The zero-order chi connectivity index (χ0) is 16.1. The number of nitrogens with zero attached hydrogens (tertiary/aromatic N) is 1. The maximum absolute atomic E-state index is 11.1. The molecule has 2 aromatic carbocycles. The Hall–Kier alpha value is -2.10. The highest BCUT2D eigenvalue weighted by molar-refractivity contribution is 6.32. The molecular formula is C18H18ClNO2. The van der Waals surface area contributed by atoms with Crippen LogP contribution < -0.4 is 0 Å². The third-order valence-electron chi connectivity index (χ3n) is 3.37. The van der Waals surface area contributed by atoms with E-state index in [0.29, 0.717) is 10.1 Å². The van der Waals surface area contributed by atoms with Gasteiger partial charge in [-0.15, -0.1) is 0 Å². The SMILES string of the molecule is CC(=O)N(O)[C@@H](C)/C=C/c1cc(-c2ccccc2)ccc1Cl. The van der Waals surface area contributed by atoms with E-state index in [2.05, 4.69) is 0 Å². The highest BCUT2D eigenvalue weighted by atomic mass is 35.5. The van der Waals surface area contributed by atoms with Crippen LogP contribution in [0.3, 0.4) is 0 Å². The van der Waals surface area contributed by atoms with Crippen LogP contribution in [-0.2, 0) is 4.79 Å². The molecule has 0 aliphatic heterocycles. The van der Waals surface area contributed by atoms with E-state index >= 15 is 0 Å². The quantitative estimate of drug-likeness (QED) is 0.659. The first-order valence-corrected chi connectivity index (χ1v) is 7.38. The monoisotopic (exact) mass is 315 g/mol. The van der Waals surface area contributed by atoms with Gasteiger partial charge in [-0.2, -0.15) is 0 Å². The van der Waals surface area contributed by atoms with E-state index < -0.39 is 11.9 Å². The summed E-state index contributed by atoms with van der Waals surface area (Å²) >= 11 is 6.21. The van der Waals surface area contributed by atoms with Crippen LogP contribution in [0.4, 0.5) is 0 Å². The first-order valence-electron chi connectivity index (χ1n) is 7.01. The first-order chi connectivity index (χ1) is 10.5. The molecule has 0 heterocycles. The zero-order valence-corrected chi connectivity index (χ0v) is 13.3. The molecule has 22 heavy (non-hydrogen) atoms. The van der Waals surface area contributed by atoms with E-state index in [1.165, 1.54) is 6.92 Å². The van der Waals surface area contributed by atoms with E-state index in [9.17, 15) is 10.0 Å². The molecule has 0 radical (unpaired) electrons. The second-order valence-corrected chi connectivity index (χ2v) is 5.47. The Bertz CT molecular complexity index is 683. The topological polar surface area (TPSA) is 40.5 Å². The van der Waals surface area contributed by atoms with Gasteiger partial charge in [0, 0.05) is 11.9 Å². The van der Waals surface area contributed by atoms with Gasteiger partial charge in [0.15, 0.2) is 0 Å². The van der Waals surface area contributed by atoms with Crippen LogP contribution >= 0.6 is 11.6 Å². The maximum Gasteiger partial charge on any atom is 0.243 e. The van der Waals surface area contributed by atoms with Crippen LogP contribution in [0.1, 0.15) is 19.4 Å². The molecule has 0 spiro atoms. The van der Waals surface area contributed by atoms with Gasteiger partial charge < -0.3 is 0 Å². The molecule has 0 aliphatic carbocycles. The van der Waals surface area contributed by atoms with Crippen molar-refractivity contribution in [2.45, 2.75) is 19.9 Å². The molecule has 1 atom stereocenters. The van der Waals surface area contributed by atoms with Crippen LogP contribution in [0.25, 0.3) is 17.2 Å². The normalized spacial score (nSPS) is 12.4. The molecular weight excluding hydrogens is 298 g/mol. The lowest BCUT2D eigenvalue weighted by atomic mass is 10.0. The summed E-state index contributed by atoms with van der Waals surface area (Å²) in [5.41, 5.74) is 3.01. The van der Waals surface area contributed by atoms with E-state index in [-0.39, 0.29) is 0 Å². The number of hydrogen-bond donors (Lipinski definition) is 1. The number of hydroxylamine groups is 2. The lowest BCUT2D eigenvalue weighted by Crippen LogP contribution is -2.32. The van der Waals surface area contributed by atoms with Crippen LogP contribution in [0, 0.1) is 0 Å². The van der Waals surface area contributed by atoms with Crippen LogP contribution in [0.5, 0.6) is 0 Å². The predicted octanol–water partition coefficient (Wildman–Crippen LogP) is 4.65. The summed E-state index contributed by atoms with van der Waals surface area (Å²) < 4.78 is 0. The smallest absolute Gasteiger partial charge is 0.243 e. The fraction of sp³-hybridized carbons (Fsp3) is 0.167. The Morgan fingerprint density at radius 2 is 1.86 bits per heavy atom. The van der Waals surface area contributed by atoms with Crippen molar-refractivity contribution < 1.29 is 10.0 Å². The minimum absolute atomic E-state index is 0.402. The molecule has 0 aliphatic rings. The zero-order valence-electron chi connectivity index (χ0n) is 12.5. The summed E-state index contributed by atoms with van der Waals surface area (Å²) in [5.74, 6) is -0.402. The minimum atomic E-state index is -0.422. The molecule has 1 amide bonds. The maximum atomic E-state index is 11.1. The summed E-state index contributed by atoms with van der Waals surface area (Å²) in [6.07, 6.45) is 3.54. The van der Waals surface area contributed by atoms with Crippen LogP contribution in [-0.4, -0.2) is 22.2 Å². The van der Waals surface area contributed by atoms with Gasteiger partial charge in [0.05, 0.1) is 6.04 Å². The largest absolute Gasteiger partial charge is 0.285 e. The molecule has 3 nitrogen and oxygen atoms in total. The van der Waals surface area contributed by atoms with Crippen molar-refractivity contribution in [2.75, 3.05) is 0 Å². The Morgan fingerprint density at radius 1 is 1.18 bits per heavy atom. The molecule has 0 bridgehead atoms. The second-order valence-electron chi connectivity index (χ2n) is 5.07. The van der Waals surface area contributed by atoms with Gasteiger partial charge in [0.2, 0.25) is 5.91 Å². The van der Waals surface area contributed by atoms with Gasteiger partial charge in [-0.25, -0.2) is 5.06 Å². The van der Waals surface area contributed by atoms with E-state index in [1.807, 2.05) is 54.6 Å². The van der Waals surface area contributed by atoms with Crippen molar-refractivity contribution in [3.8, 4) is 11.1 Å². The van der Waals surface area contributed by atoms with Gasteiger partial charge in [-0.3, -0.25) is 10.0 Å². The van der Waals surface area contributed by atoms with Crippen molar-refractivity contribution >= 4 is 23.6 Å². The van der Waals surface area contributed by atoms with Crippen molar-refractivity contribution in [3.63, 3.8) is 0 Å². The number of amides is 1. The van der Waals surface area contributed by atoms with Gasteiger partial charge in [-0.05, 0) is 35.7 Å². The lowest BCUT2D eigenvalue weighted by molar-refractivity contribution is -0.167. The van der Waals surface area contributed by atoms with Crippen molar-refractivity contribution in [1.29, 1.82) is 0 Å². The number of carbonyl (C=O) groups is 1. The first kappa shape index (κ1) is 16.3.